The molecule has 0 amide bonds. The Labute approximate surface area is 97.7 Å². The second-order valence-electron chi connectivity index (χ2n) is 3.74. The highest BCUT2D eigenvalue weighted by Gasteiger charge is 2.31. The van der Waals surface area contributed by atoms with Crippen LogP contribution in [0.5, 0.6) is 5.75 Å². The summed E-state index contributed by atoms with van der Waals surface area (Å²) in [6.45, 7) is 0. The Hall–Kier alpha value is -1.27. The standard InChI is InChI=1S/C11H15F3N2O/c1-17-10-4-2-3-8(6-10)5-9(16-15)7-11(12,13)14/h2-4,6,9,16H,5,7,15H2,1H3. The topological polar surface area (TPSA) is 47.3 Å². The maximum absolute atomic E-state index is 12.2. The van der Waals surface area contributed by atoms with E-state index in [1.54, 1.807) is 24.3 Å². The smallest absolute Gasteiger partial charge is 0.390 e. The minimum Gasteiger partial charge on any atom is -0.497 e. The molecule has 1 aromatic carbocycles. The number of benzene rings is 1. The third-order valence-electron chi connectivity index (χ3n) is 2.33. The van der Waals surface area contributed by atoms with Gasteiger partial charge in [0.15, 0.2) is 0 Å². The van der Waals surface area contributed by atoms with E-state index in [1.807, 2.05) is 0 Å². The molecule has 1 aromatic rings. The first-order chi connectivity index (χ1) is 7.94. The largest absolute Gasteiger partial charge is 0.497 e. The van der Waals surface area contributed by atoms with E-state index in [0.29, 0.717) is 5.75 Å². The number of hydrogen-bond acceptors (Lipinski definition) is 3. The lowest BCUT2D eigenvalue weighted by Gasteiger charge is -2.17. The van der Waals surface area contributed by atoms with Crippen molar-refractivity contribution < 1.29 is 17.9 Å². The van der Waals surface area contributed by atoms with E-state index in [-0.39, 0.29) is 6.42 Å². The summed E-state index contributed by atoms with van der Waals surface area (Å²) in [5, 5.41) is 0. The molecule has 17 heavy (non-hydrogen) atoms. The Balaban J connectivity index is 2.67. The second kappa shape index (κ2) is 5.88. The van der Waals surface area contributed by atoms with Gasteiger partial charge in [0.1, 0.15) is 5.75 Å². The summed E-state index contributed by atoms with van der Waals surface area (Å²) in [5.41, 5.74) is 2.93. The average Bonchev–Trinajstić information content (AvgIpc) is 2.26. The van der Waals surface area contributed by atoms with Gasteiger partial charge in [0.05, 0.1) is 13.5 Å². The van der Waals surface area contributed by atoms with Gasteiger partial charge in [0.25, 0.3) is 0 Å². The molecule has 0 aromatic heterocycles. The van der Waals surface area contributed by atoms with Gasteiger partial charge in [-0.3, -0.25) is 11.3 Å². The Morgan fingerprint density at radius 1 is 1.41 bits per heavy atom. The number of hydrogen-bond donors (Lipinski definition) is 2. The molecule has 96 valence electrons. The zero-order valence-electron chi connectivity index (χ0n) is 9.42. The molecular weight excluding hydrogens is 233 g/mol. The maximum Gasteiger partial charge on any atom is 0.390 e. The Kier molecular flexibility index (Phi) is 4.77. The number of nitrogens with one attached hydrogen (secondary N) is 1. The first kappa shape index (κ1) is 13.8. The lowest BCUT2D eigenvalue weighted by Crippen LogP contribution is -2.40. The molecule has 0 spiro atoms. The number of hydrazine groups is 1. The van der Waals surface area contributed by atoms with Crippen molar-refractivity contribution in [3.8, 4) is 5.75 Å². The molecule has 0 heterocycles. The number of halogens is 3. The molecule has 0 saturated carbocycles. The van der Waals surface area contributed by atoms with Gasteiger partial charge < -0.3 is 4.74 Å². The quantitative estimate of drug-likeness (QED) is 0.619. The van der Waals surface area contributed by atoms with E-state index in [2.05, 4.69) is 5.43 Å². The van der Waals surface area contributed by atoms with Crippen LogP contribution in [0.15, 0.2) is 24.3 Å². The molecule has 0 fully saturated rings. The van der Waals surface area contributed by atoms with Gasteiger partial charge >= 0.3 is 6.18 Å². The molecule has 1 atom stereocenters. The van der Waals surface area contributed by atoms with Crippen LogP contribution in [0.2, 0.25) is 0 Å². The van der Waals surface area contributed by atoms with Crippen LogP contribution in [-0.2, 0) is 6.42 Å². The number of rotatable bonds is 5. The summed E-state index contributed by atoms with van der Waals surface area (Å²) in [4.78, 5) is 0. The fraction of sp³-hybridized carbons (Fsp3) is 0.455. The number of methoxy groups -OCH3 is 1. The fourth-order valence-corrected chi connectivity index (χ4v) is 1.55. The second-order valence-corrected chi connectivity index (χ2v) is 3.74. The van der Waals surface area contributed by atoms with E-state index in [0.717, 1.165) is 5.56 Å². The zero-order chi connectivity index (χ0) is 12.9. The fourth-order valence-electron chi connectivity index (χ4n) is 1.55. The highest BCUT2D eigenvalue weighted by Crippen LogP contribution is 2.23. The van der Waals surface area contributed by atoms with Crippen LogP contribution in [0.25, 0.3) is 0 Å². The predicted octanol–water partition coefficient (Wildman–Crippen LogP) is 2.02. The average molecular weight is 248 g/mol. The van der Waals surface area contributed by atoms with Gasteiger partial charge in [-0.05, 0) is 24.1 Å². The predicted molar refractivity (Wildman–Crippen MR) is 58.5 cm³/mol. The molecule has 0 bridgehead atoms. The highest BCUT2D eigenvalue weighted by atomic mass is 19.4. The molecule has 0 aliphatic carbocycles. The lowest BCUT2D eigenvalue weighted by molar-refractivity contribution is -0.140. The first-order valence-corrected chi connectivity index (χ1v) is 5.10. The number of nitrogens with two attached hydrogens (primary N) is 1. The minimum atomic E-state index is -4.23. The first-order valence-electron chi connectivity index (χ1n) is 5.10. The Bertz CT molecular complexity index is 355. The van der Waals surface area contributed by atoms with Gasteiger partial charge in [-0.2, -0.15) is 13.2 Å². The van der Waals surface area contributed by atoms with E-state index in [1.165, 1.54) is 7.11 Å². The molecule has 0 aliphatic rings. The van der Waals surface area contributed by atoms with Crippen molar-refractivity contribution >= 4 is 0 Å². The normalized spacial score (nSPS) is 13.5. The summed E-state index contributed by atoms with van der Waals surface area (Å²) in [7, 11) is 1.51. The van der Waals surface area contributed by atoms with Crippen LogP contribution in [0.1, 0.15) is 12.0 Å². The van der Waals surface area contributed by atoms with Gasteiger partial charge in [-0.15, -0.1) is 0 Å². The van der Waals surface area contributed by atoms with Crippen molar-refractivity contribution in [2.24, 2.45) is 5.84 Å². The molecule has 1 unspecified atom stereocenters. The van der Waals surface area contributed by atoms with Crippen LogP contribution in [0.3, 0.4) is 0 Å². The van der Waals surface area contributed by atoms with Gasteiger partial charge in [0.2, 0.25) is 0 Å². The third kappa shape index (κ3) is 5.06. The number of ether oxygens (including phenoxy) is 1. The maximum atomic E-state index is 12.2. The van der Waals surface area contributed by atoms with Crippen molar-refractivity contribution in [2.75, 3.05) is 7.11 Å². The Morgan fingerprint density at radius 2 is 2.12 bits per heavy atom. The summed E-state index contributed by atoms with van der Waals surface area (Å²) in [6.07, 6.45) is -4.98. The molecule has 3 nitrogen and oxygen atoms in total. The van der Waals surface area contributed by atoms with Gasteiger partial charge in [0, 0.05) is 6.04 Å². The van der Waals surface area contributed by atoms with Crippen molar-refractivity contribution in [1.82, 2.24) is 5.43 Å². The molecule has 3 N–H and O–H groups in total. The summed E-state index contributed by atoms with van der Waals surface area (Å²) in [6, 6.07) is 6.07. The van der Waals surface area contributed by atoms with Crippen molar-refractivity contribution in [3.63, 3.8) is 0 Å². The molecule has 0 radical (unpaired) electrons. The van der Waals surface area contributed by atoms with E-state index in [9.17, 15) is 13.2 Å². The van der Waals surface area contributed by atoms with Gasteiger partial charge in [-0.25, -0.2) is 0 Å². The van der Waals surface area contributed by atoms with Crippen molar-refractivity contribution in [2.45, 2.75) is 25.1 Å². The SMILES string of the molecule is COc1cccc(CC(CC(F)(F)F)NN)c1. The minimum absolute atomic E-state index is 0.202. The highest BCUT2D eigenvalue weighted by molar-refractivity contribution is 5.28. The van der Waals surface area contributed by atoms with Crippen LogP contribution in [-0.4, -0.2) is 19.3 Å². The van der Waals surface area contributed by atoms with Crippen LogP contribution >= 0.6 is 0 Å². The molecule has 0 saturated heterocycles. The Morgan fingerprint density at radius 3 is 2.65 bits per heavy atom. The van der Waals surface area contributed by atoms with E-state index < -0.39 is 18.6 Å². The van der Waals surface area contributed by atoms with Crippen LogP contribution < -0.4 is 16.0 Å². The number of alkyl halides is 3. The summed E-state index contributed by atoms with van der Waals surface area (Å²) in [5.74, 6) is 5.73. The summed E-state index contributed by atoms with van der Waals surface area (Å²) < 4.78 is 41.7. The zero-order valence-corrected chi connectivity index (χ0v) is 9.42. The molecule has 6 heteroatoms. The van der Waals surface area contributed by atoms with Crippen molar-refractivity contribution in [3.05, 3.63) is 29.8 Å². The molecule has 1 rings (SSSR count). The van der Waals surface area contributed by atoms with E-state index in [4.69, 9.17) is 10.6 Å². The van der Waals surface area contributed by atoms with Crippen LogP contribution in [0, 0.1) is 0 Å². The monoisotopic (exact) mass is 248 g/mol. The molecular formula is C11H15F3N2O. The van der Waals surface area contributed by atoms with E-state index >= 15 is 0 Å². The third-order valence-corrected chi connectivity index (χ3v) is 2.33. The summed E-state index contributed by atoms with van der Waals surface area (Å²) >= 11 is 0. The van der Waals surface area contributed by atoms with Gasteiger partial charge in [-0.1, -0.05) is 12.1 Å². The molecule has 0 aliphatic heterocycles. The van der Waals surface area contributed by atoms with Crippen LogP contribution in [0.4, 0.5) is 13.2 Å². The van der Waals surface area contributed by atoms with Crippen molar-refractivity contribution in [1.29, 1.82) is 0 Å². The lowest BCUT2D eigenvalue weighted by atomic mass is 10.0.